The topological polar surface area (TPSA) is 84.9 Å². The number of aryl methyl sites for hydroxylation is 1. The highest BCUT2D eigenvalue weighted by Crippen LogP contribution is 2.08. The third-order valence-corrected chi connectivity index (χ3v) is 3.73. The molecule has 1 aromatic carbocycles. The molecule has 0 aliphatic carbocycles. The number of guanidine groups is 1. The maximum Gasteiger partial charge on any atom is 0.192 e. The first-order chi connectivity index (χ1) is 12.3. The molecule has 0 saturated carbocycles. The van der Waals surface area contributed by atoms with Crippen LogP contribution in [0.3, 0.4) is 0 Å². The van der Waals surface area contributed by atoms with Crippen molar-refractivity contribution in [3.8, 4) is 5.69 Å². The lowest BCUT2D eigenvalue weighted by molar-refractivity contribution is 0.704. The number of hydrogen-bond acceptors (Lipinski definition) is 4. The Balaban J connectivity index is 1.68. The zero-order chi connectivity index (χ0) is 17.5. The largest absolute Gasteiger partial charge is 0.357 e. The average Bonchev–Trinajstić information content (AvgIpc) is 3.27. The van der Waals surface area contributed by atoms with Crippen LogP contribution in [0.2, 0.25) is 0 Å². The lowest BCUT2D eigenvalue weighted by Crippen LogP contribution is -2.37. The summed E-state index contributed by atoms with van der Waals surface area (Å²) in [5.74, 6) is 1.55. The molecule has 0 atom stereocenters. The molecule has 8 heteroatoms. The van der Waals surface area contributed by atoms with E-state index in [0.717, 1.165) is 29.7 Å². The lowest BCUT2D eigenvalue weighted by Gasteiger charge is -2.12. The molecule has 3 aromatic rings. The van der Waals surface area contributed by atoms with Crippen LogP contribution in [0, 0.1) is 0 Å². The van der Waals surface area contributed by atoms with Gasteiger partial charge in [0.15, 0.2) is 11.8 Å². The van der Waals surface area contributed by atoms with Gasteiger partial charge in [0.05, 0.1) is 18.8 Å². The normalized spacial score (nSPS) is 11.5. The summed E-state index contributed by atoms with van der Waals surface area (Å²) in [4.78, 5) is 4.59. The molecule has 8 nitrogen and oxygen atoms in total. The lowest BCUT2D eigenvalue weighted by atomic mass is 10.3. The van der Waals surface area contributed by atoms with E-state index in [1.807, 2.05) is 59.6 Å². The van der Waals surface area contributed by atoms with Crippen molar-refractivity contribution in [1.29, 1.82) is 0 Å². The number of aromatic nitrogens is 5. The van der Waals surface area contributed by atoms with Crippen LogP contribution < -0.4 is 10.6 Å². The van der Waals surface area contributed by atoms with Gasteiger partial charge in [-0.15, -0.1) is 10.2 Å². The molecular weight excluding hydrogens is 316 g/mol. The quantitative estimate of drug-likeness (QED) is 0.522. The highest BCUT2D eigenvalue weighted by molar-refractivity contribution is 5.79. The number of nitrogens with one attached hydrogen (secondary N) is 2. The van der Waals surface area contributed by atoms with Crippen molar-refractivity contribution in [2.75, 3.05) is 6.54 Å². The van der Waals surface area contributed by atoms with E-state index in [9.17, 15) is 0 Å². The molecule has 0 saturated heterocycles. The number of nitrogens with zero attached hydrogens (tertiary/aromatic N) is 6. The van der Waals surface area contributed by atoms with Crippen molar-refractivity contribution in [3.63, 3.8) is 0 Å². The van der Waals surface area contributed by atoms with Gasteiger partial charge in [-0.25, -0.2) is 4.99 Å². The van der Waals surface area contributed by atoms with E-state index in [1.165, 1.54) is 0 Å². The molecule has 0 amide bonds. The summed E-state index contributed by atoms with van der Waals surface area (Å²) in [6.07, 6.45) is 3.49. The Morgan fingerprint density at radius 3 is 2.72 bits per heavy atom. The van der Waals surface area contributed by atoms with Gasteiger partial charge >= 0.3 is 0 Å². The summed E-state index contributed by atoms with van der Waals surface area (Å²) in [6, 6.07) is 12.0. The molecule has 3 rings (SSSR count). The van der Waals surface area contributed by atoms with Crippen LogP contribution in [0.5, 0.6) is 0 Å². The van der Waals surface area contributed by atoms with Crippen molar-refractivity contribution in [2.24, 2.45) is 12.0 Å². The standard InChI is InChI=1S/C17H22N8/c1-3-18-17(19-11-15-9-10-22-24(15)2)20-12-16-23-21-13-25(16)14-7-5-4-6-8-14/h4-10,13H,3,11-12H2,1-2H3,(H2,18,19,20). The van der Waals surface area contributed by atoms with E-state index in [1.54, 1.807) is 12.5 Å². The van der Waals surface area contributed by atoms with E-state index < -0.39 is 0 Å². The Kier molecular flexibility index (Phi) is 5.40. The fourth-order valence-corrected chi connectivity index (χ4v) is 2.40. The molecule has 0 aliphatic heterocycles. The minimum absolute atomic E-state index is 0.520. The van der Waals surface area contributed by atoms with Crippen molar-refractivity contribution >= 4 is 5.96 Å². The fourth-order valence-electron chi connectivity index (χ4n) is 2.40. The second-order valence-electron chi connectivity index (χ2n) is 5.45. The third-order valence-electron chi connectivity index (χ3n) is 3.73. The molecular formula is C17H22N8. The number of benzene rings is 1. The zero-order valence-electron chi connectivity index (χ0n) is 14.4. The Hall–Kier alpha value is -3.16. The summed E-state index contributed by atoms with van der Waals surface area (Å²) in [5, 5.41) is 18.9. The van der Waals surface area contributed by atoms with Gasteiger partial charge in [-0.05, 0) is 25.1 Å². The zero-order valence-corrected chi connectivity index (χ0v) is 14.4. The molecule has 2 heterocycles. The Labute approximate surface area is 146 Å². The van der Waals surface area contributed by atoms with E-state index in [-0.39, 0.29) is 0 Å². The Bertz CT molecular complexity index is 818. The first kappa shape index (κ1) is 16.7. The summed E-state index contributed by atoms with van der Waals surface area (Å²) in [5.41, 5.74) is 2.07. The molecule has 0 bridgehead atoms. The van der Waals surface area contributed by atoms with Crippen LogP contribution in [-0.2, 0) is 20.1 Å². The highest BCUT2D eigenvalue weighted by Gasteiger charge is 2.07. The second-order valence-corrected chi connectivity index (χ2v) is 5.45. The van der Waals surface area contributed by atoms with E-state index in [0.29, 0.717) is 13.1 Å². The van der Waals surface area contributed by atoms with Gasteiger partial charge in [0.1, 0.15) is 6.33 Å². The van der Waals surface area contributed by atoms with Crippen LogP contribution >= 0.6 is 0 Å². The number of aliphatic imine (C=N–C) groups is 1. The monoisotopic (exact) mass is 338 g/mol. The van der Waals surface area contributed by atoms with Gasteiger partial charge in [-0.2, -0.15) is 5.10 Å². The molecule has 0 unspecified atom stereocenters. The van der Waals surface area contributed by atoms with Gasteiger partial charge in [-0.1, -0.05) is 18.2 Å². The minimum Gasteiger partial charge on any atom is -0.357 e. The van der Waals surface area contributed by atoms with Gasteiger partial charge < -0.3 is 10.6 Å². The maximum atomic E-state index is 4.59. The van der Waals surface area contributed by atoms with E-state index >= 15 is 0 Å². The molecule has 0 aliphatic rings. The molecule has 2 N–H and O–H groups in total. The Morgan fingerprint density at radius 2 is 2.00 bits per heavy atom. The number of para-hydroxylation sites is 1. The van der Waals surface area contributed by atoms with Crippen LogP contribution in [-0.4, -0.2) is 37.0 Å². The Morgan fingerprint density at radius 1 is 1.16 bits per heavy atom. The average molecular weight is 338 g/mol. The molecule has 0 spiro atoms. The van der Waals surface area contributed by atoms with Crippen LogP contribution in [0.25, 0.3) is 5.69 Å². The summed E-state index contributed by atoms with van der Waals surface area (Å²) in [7, 11) is 1.91. The van der Waals surface area contributed by atoms with Crippen LogP contribution in [0.4, 0.5) is 0 Å². The SMILES string of the molecule is CCNC(=NCc1ccnn1C)NCc1nncn1-c1ccccc1. The molecule has 0 radical (unpaired) electrons. The van der Waals surface area contributed by atoms with Crippen LogP contribution in [0.15, 0.2) is 53.9 Å². The fraction of sp³-hybridized carbons (Fsp3) is 0.294. The van der Waals surface area contributed by atoms with E-state index in [2.05, 4.69) is 30.9 Å². The number of hydrogen-bond donors (Lipinski definition) is 2. The summed E-state index contributed by atoms with van der Waals surface area (Å²) < 4.78 is 3.77. The van der Waals surface area contributed by atoms with Crippen LogP contribution in [0.1, 0.15) is 18.4 Å². The molecule has 130 valence electrons. The van der Waals surface area contributed by atoms with Gasteiger partial charge in [0.2, 0.25) is 0 Å². The molecule has 25 heavy (non-hydrogen) atoms. The van der Waals surface area contributed by atoms with Gasteiger partial charge in [-0.3, -0.25) is 9.25 Å². The van der Waals surface area contributed by atoms with Crippen molar-refractivity contribution < 1.29 is 0 Å². The van der Waals surface area contributed by atoms with Crippen molar-refractivity contribution in [1.82, 2.24) is 35.2 Å². The van der Waals surface area contributed by atoms with E-state index in [4.69, 9.17) is 0 Å². The maximum absolute atomic E-state index is 4.59. The van der Waals surface area contributed by atoms with Crippen molar-refractivity contribution in [3.05, 3.63) is 60.4 Å². The second kappa shape index (κ2) is 8.09. The first-order valence-electron chi connectivity index (χ1n) is 8.21. The number of rotatable bonds is 6. The minimum atomic E-state index is 0.520. The molecule has 0 fully saturated rings. The first-order valence-corrected chi connectivity index (χ1v) is 8.21. The summed E-state index contributed by atoms with van der Waals surface area (Å²) in [6.45, 7) is 3.89. The smallest absolute Gasteiger partial charge is 0.192 e. The predicted molar refractivity (Wildman–Crippen MR) is 96.2 cm³/mol. The van der Waals surface area contributed by atoms with Crippen molar-refractivity contribution in [2.45, 2.75) is 20.0 Å². The molecule has 2 aromatic heterocycles. The van der Waals surface area contributed by atoms with Gasteiger partial charge in [0, 0.05) is 25.5 Å². The third kappa shape index (κ3) is 4.23. The summed E-state index contributed by atoms with van der Waals surface area (Å²) >= 11 is 0. The van der Waals surface area contributed by atoms with Gasteiger partial charge in [0.25, 0.3) is 0 Å². The predicted octanol–water partition coefficient (Wildman–Crippen LogP) is 1.26. The highest BCUT2D eigenvalue weighted by atomic mass is 15.3.